The predicted molar refractivity (Wildman–Crippen MR) is 113 cm³/mol. The van der Waals surface area contributed by atoms with Gasteiger partial charge in [0.05, 0.1) is 0 Å². The molecule has 0 radical (unpaired) electrons. The highest BCUT2D eigenvalue weighted by molar-refractivity contribution is 6.31. The molecule has 150 valence electrons. The fourth-order valence-corrected chi connectivity index (χ4v) is 3.54. The van der Waals surface area contributed by atoms with Crippen molar-refractivity contribution in [3.63, 3.8) is 0 Å². The highest BCUT2D eigenvalue weighted by atomic mass is 35.5. The maximum atomic E-state index is 11.0. The molecule has 6 nitrogen and oxygen atoms in total. The zero-order chi connectivity index (χ0) is 19.8. The molecule has 0 bridgehead atoms. The Bertz CT molecular complexity index is 761. The van der Waals surface area contributed by atoms with Crippen LogP contribution < -0.4 is 15.5 Å². The van der Waals surface area contributed by atoms with E-state index in [0.717, 1.165) is 29.5 Å². The van der Waals surface area contributed by atoms with E-state index in [1.165, 1.54) is 37.7 Å². The van der Waals surface area contributed by atoms with Gasteiger partial charge in [0.15, 0.2) is 5.82 Å². The molecule has 0 unspecified atom stereocenters. The van der Waals surface area contributed by atoms with Crippen LogP contribution in [0.1, 0.15) is 49.1 Å². The van der Waals surface area contributed by atoms with Crippen LogP contribution in [0.25, 0.3) is 0 Å². The lowest BCUT2D eigenvalue weighted by Crippen LogP contribution is -2.32. The second kappa shape index (κ2) is 10.3. The van der Waals surface area contributed by atoms with Gasteiger partial charge in [-0.25, -0.2) is 4.79 Å². The van der Waals surface area contributed by atoms with E-state index >= 15 is 0 Å². The van der Waals surface area contributed by atoms with Gasteiger partial charge in [-0.15, -0.1) is 5.10 Å². The molecule has 2 fully saturated rings. The summed E-state index contributed by atoms with van der Waals surface area (Å²) in [7, 11) is 1.60. The Kier molecular flexibility index (Phi) is 7.48. The van der Waals surface area contributed by atoms with E-state index in [-0.39, 0.29) is 6.03 Å². The highest BCUT2D eigenvalue weighted by Crippen LogP contribution is 2.43. The first kappa shape index (κ1) is 20.4. The van der Waals surface area contributed by atoms with Gasteiger partial charge in [0, 0.05) is 37.9 Å². The lowest BCUT2D eigenvalue weighted by Gasteiger charge is -2.26. The minimum Gasteiger partial charge on any atom is -0.355 e. The van der Waals surface area contributed by atoms with Crippen molar-refractivity contribution in [3.05, 3.63) is 52.7 Å². The van der Waals surface area contributed by atoms with E-state index in [1.807, 2.05) is 24.3 Å². The van der Waals surface area contributed by atoms with Gasteiger partial charge in [-0.1, -0.05) is 23.7 Å². The molecule has 2 heterocycles. The summed E-state index contributed by atoms with van der Waals surface area (Å²) in [5.41, 5.74) is 2.31. The molecule has 1 saturated heterocycles. The summed E-state index contributed by atoms with van der Waals surface area (Å²) >= 11 is 6.12. The van der Waals surface area contributed by atoms with Gasteiger partial charge in [0.25, 0.3) is 0 Å². The third-order valence-corrected chi connectivity index (χ3v) is 5.34. The number of nitrogens with one attached hydrogen (secondary N) is 2. The first-order chi connectivity index (χ1) is 13.7. The summed E-state index contributed by atoms with van der Waals surface area (Å²) in [6, 6.07) is 9.76. The molecule has 1 aromatic carbocycles. The van der Waals surface area contributed by atoms with E-state index in [9.17, 15) is 4.79 Å². The second-order valence-electron chi connectivity index (χ2n) is 7.19. The lowest BCUT2D eigenvalue weighted by atomic mass is 10.1. The van der Waals surface area contributed by atoms with E-state index < -0.39 is 0 Å². The fourth-order valence-electron chi connectivity index (χ4n) is 3.27. The van der Waals surface area contributed by atoms with E-state index in [2.05, 4.69) is 31.8 Å². The number of carbonyl (C=O) groups excluding carboxylic acids is 1. The van der Waals surface area contributed by atoms with Crippen molar-refractivity contribution in [1.29, 1.82) is 0 Å². The summed E-state index contributed by atoms with van der Waals surface area (Å²) in [5.74, 6) is 1.66. The average molecular weight is 402 g/mol. The summed E-state index contributed by atoms with van der Waals surface area (Å²) in [5, 5.41) is 14.1. The number of nitrogens with zero attached hydrogens (tertiary/aromatic N) is 3. The third-order valence-electron chi connectivity index (χ3n) is 5.00. The Balaban J connectivity index is 0.000000167. The summed E-state index contributed by atoms with van der Waals surface area (Å²) in [6.45, 7) is 2.81. The van der Waals surface area contributed by atoms with Crippen LogP contribution >= 0.6 is 11.6 Å². The van der Waals surface area contributed by atoms with Gasteiger partial charge in [-0.2, -0.15) is 5.10 Å². The maximum Gasteiger partial charge on any atom is 0.314 e. The number of halogens is 1. The summed E-state index contributed by atoms with van der Waals surface area (Å²) in [6.07, 6.45) is 8.11. The first-order valence-electron chi connectivity index (χ1n) is 9.94. The molecular weight excluding hydrogens is 374 g/mol. The molecule has 2 N–H and O–H groups in total. The van der Waals surface area contributed by atoms with Gasteiger partial charge in [-0.3, -0.25) is 0 Å². The second-order valence-corrected chi connectivity index (χ2v) is 7.60. The van der Waals surface area contributed by atoms with Gasteiger partial charge < -0.3 is 15.5 Å². The van der Waals surface area contributed by atoms with Crippen molar-refractivity contribution in [2.24, 2.45) is 0 Å². The number of urea groups is 1. The van der Waals surface area contributed by atoms with Crippen LogP contribution in [0.2, 0.25) is 5.02 Å². The molecule has 2 amide bonds. The maximum absolute atomic E-state index is 11.0. The van der Waals surface area contributed by atoms with Crippen molar-refractivity contribution in [1.82, 2.24) is 20.8 Å². The van der Waals surface area contributed by atoms with E-state index in [4.69, 9.17) is 11.6 Å². The van der Waals surface area contributed by atoms with Crippen molar-refractivity contribution >= 4 is 23.4 Å². The van der Waals surface area contributed by atoms with Crippen LogP contribution in [0.3, 0.4) is 0 Å². The molecule has 0 atom stereocenters. The lowest BCUT2D eigenvalue weighted by molar-refractivity contribution is 0.242. The number of rotatable bonds is 4. The Morgan fingerprint density at radius 1 is 1.21 bits per heavy atom. The van der Waals surface area contributed by atoms with Crippen molar-refractivity contribution < 1.29 is 4.79 Å². The van der Waals surface area contributed by atoms with Crippen molar-refractivity contribution in [2.45, 2.75) is 44.6 Å². The van der Waals surface area contributed by atoms with Crippen LogP contribution in [0, 0.1) is 0 Å². The van der Waals surface area contributed by atoms with E-state index in [0.29, 0.717) is 12.5 Å². The standard InChI is InChI=1S/C12H15ClN2O.C9H13N3/c1-14-12(16)15-7-8-2-5-11(13)10(6-8)9-3-4-9;1-2-7-12(8-3-1)9-5-4-6-10-11-9/h2,5-6,9H,3-4,7H2,1H3,(H2,14,15,16);4-6H,1-3,7-8H2. The Labute approximate surface area is 171 Å². The zero-order valence-electron chi connectivity index (χ0n) is 16.3. The molecule has 1 aliphatic heterocycles. The first-order valence-corrected chi connectivity index (χ1v) is 10.3. The average Bonchev–Trinajstić information content (AvgIpc) is 3.60. The molecule has 1 aliphatic carbocycles. The number of benzene rings is 1. The smallest absolute Gasteiger partial charge is 0.314 e. The van der Waals surface area contributed by atoms with Gasteiger partial charge >= 0.3 is 6.03 Å². The largest absolute Gasteiger partial charge is 0.355 e. The summed E-state index contributed by atoms with van der Waals surface area (Å²) in [4.78, 5) is 13.3. The Morgan fingerprint density at radius 2 is 2.00 bits per heavy atom. The molecule has 28 heavy (non-hydrogen) atoms. The summed E-state index contributed by atoms with van der Waals surface area (Å²) < 4.78 is 0. The normalized spacial score (nSPS) is 16.0. The zero-order valence-corrected chi connectivity index (χ0v) is 17.1. The molecule has 1 aromatic heterocycles. The SMILES string of the molecule is CNC(=O)NCc1ccc(Cl)c(C2CC2)c1.c1cnnc(N2CCCCC2)c1. The molecule has 2 aromatic rings. The Morgan fingerprint density at radius 3 is 2.64 bits per heavy atom. The molecule has 7 heteroatoms. The van der Waals surface area contributed by atoms with Gasteiger partial charge in [-0.05, 0) is 67.3 Å². The van der Waals surface area contributed by atoms with Crippen molar-refractivity contribution in [3.8, 4) is 0 Å². The fraction of sp³-hybridized carbons (Fsp3) is 0.476. The minimum absolute atomic E-state index is 0.164. The van der Waals surface area contributed by atoms with Crippen molar-refractivity contribution in [2.75, 3.05) is 25.0 Å². The predicted octanol–water partition coefficient (Wildman–Crippen LogP) is 4.11. The number of anilines is 1. The monoisotopic (exact) mass is 401 g/mol. The van der Waals surface area contributed by atoms with E-state index in [1.54, 1.807) is 13.2 Å². The van der Waals surface area contributed by atoms with Crippen LogP contribution in [0.4, 0.5) is 10.6 Å². The number of piperidine rings is 1. The topological polar surface area (TPSA) is 70.1 Å². The number of carbonyl (C=O) groups is 1. The van der Waals surface area contributed by atoms with Crippen LogP contribution in [0.5, 0.6) is 0 Å². The minimum atomic E-state index is -0.164. The number of amides is 2. The Hall–Kier alpha value is -2.34. The highest BCUT2D eigenvalue weighted by Gasteiger charge is 2.25. The molecule has 0 spiro atoms. The molecular formula is C21H28ClN5O. The van der Waals surface area contributed by atoms with Crippen LogP contribution in [-0.4, -0.2) is 36.4 Å². The van der Waals surface area contributed by atoms with Gasteiger partial charge in [0.2, 0.25) is 0 Å². The van der Waals surface area contributed by atoms with Gasteiger partial charge in [0.1, 0.15) is 0 Å². The molecule has 2 aliphatic rings. The van der Waals surface area contributed by atoms with Crippen LogP contribution in [-0.2, 0) is 6.54 Å². The quantitative estimate of drug-likeness (QED) is 0.808. The molecule has 1 saturated carbocycles. The number of hydrogen-bond donors (Lipinski definition) is 2. The molecule has 4 rings (SSSR count). The number of aromatic nitrogens is 2. The number of hydrogen-bond acceptors (Lipinski definition) is 4. The third kappa shape index (κ3) is 6.09. The van der Waals surface area contributed by atoms with Crippen LogP contribution in [0.15, 0.2) is 36.5 Å².